The van der Waals surface area contributed by atoms with E-state index in [4.69, 9.17) is 24.4 Å². The fourth-order valence-electron chi connectivity index (χ4n) is 6.19. The van der Waals surface area contributed by atoms with Crippen LogP contribution >= 0.6 is 11.8 Å². The molecule has 0 saturated heterocycles. The highest BCUT2D eigenvalue weighted by Crippen LogP contribution is 2.41. The van der Waals surface area contributed by atoms with Crippen LogP contribution in [0.15, 0.2) is 184 Å². The van der Waals surface area contributed by atoms with Crippen molar-refractivity contribution in [3.63, 3.8) is 0 Å². The third-order valence-corrected chi connectivity index (χ3v) is 9.66. The molecule has 0 aliphatic carbocycles. The van der Waals surface area contributed by atoms with E-state index >= 15 is 0 Å². The highest BCUT2D eigenvalue weighted by molar-refractivity contribution is 7.99. The van der Waals surface area contributed by atoms with Gasteiger partial charge >= 0.3 is 0 Å². The number of furan rings is 1. The minimum atomic E-state index is 0.637. The van der Waals surface area contributed by atoms with Gasteiger partial charge in [0.25, 0.3) is 0 Å². The lowest BCUT2D eigenvalue weighted by Crippen LogP contribution is -1.95. The summed E-state index contributed by atoms with van der Waals surface area (Å²) in [4.78, 5) is 22.1. The van der Waals surface area contributed by atoms with Crippen molar-refractivity contribution in [2.24, 2.45) is 0 Å². The van der Waals surface area contributed by atoms with Crippen LogP contribution in [0.25, 0.3) is 78.5 Å². The molecule has 9 aromatic rings. The summed E-state index contributed by atoms with van der Waals surface area (Å²) in [6.07, 6.45) is 1.92. The summed E-state index contributed by atoms with van der Waals surface area (Å²) >= 11 is 1.64. The maximum atomic E-state index is 6.76. The van der Waals surface area contributed by atoms with Crippen molar-refractivity contribution in [1.82, 2.24) is 19.9 Å². The number of para-hydroxylation sites is 1. The number of aromatic nitrogens is 4. The van der Waals surface area contributed by atoms with Crippen LogP contribution in [0.3, 0.4) is 0 Å². The Morgan fingerprint density at radius 1 is 0.460 bits per heavy atom. The number of hydrogen-bond donors (Lipinski definition) is 0. The second-order valence-corrected chi connectivity index (χ2v) is 13.0. The van der Waals surface area contributed by atoms with Gasteiger partial charge in [-0.15, -0.1) is 0 Å². The van der Waals surface area contributed by atoms with Crippen molar-refractivity contribution < 1.29 is 4.42 Å². The van der Waals surface area contributed by atoms with Gasteiger partial charge in [-0.2, -0.15) is 0 Å². The highest BCUT2D eigenvalue weighted by Gasteiger charge is 2.19. The maximum Gasteiger partial charge on any atom is 0.160 e. The van der Waals surface area contributed by atoms with Crippen LogP contribution in [0.1, 0.15) is 0 Å². The molecule has 9 rings (SSSR count). The maximum absolute atomic E-state index is 6.76. The smallest absolute Gasteiger partial charge is 0.160 e. The van der Waals surface area contributed by atoms with E-state index in [0.29, 0.717) is 11.6 Å². The minimum absolute atomic E-state index is 0.637. The number of fused-ring (bicyclic) bond motifs is 3. The third kappa shape index (κ3) is 5.72. The first-order valence-corrected chi connectivity index (χ1v) is 17.2. The Morgan fingerprint density at radius 3 is 1.74 bits per heavy atom. The Bertz CT molecular complexity index is 2550. The van der Waals surface area contributed by atoms with Gasteiger partial charge in [0.05, 0.1) is 22.0 Å². The molecule has 0 unspecified atom stereocenters. The largest absolute Gasteiger partial charge is 0.455 e. The molecule has 3 aromatic heterocycles. The topological polar surface area (TPSA) is 64.7 Å². The predicted molar refractivity (Wildman–Crippen MR) is 203 cm³/mol. The molecular formula is C44H28N4OS. The summed E-state index contributed by atoms with van der Waals surface area (Å²) in [6.45, 7) is 0. The van der Waals surface area contributed by atoms with E-state index in [1.807, 2.05) is 97.2 Å². The van der Waals surface area contributed by atoms with E-state index in [-0.39, 0.29) is 0 Å². The summed E-state index contributed by atoms with van der Waals surface area (Å²) < 4.78 is 6.76. The van der Waals surface area contributed by atoms with Gasteiger partial charge in [-0.1, -0.05) is 139 Å². The zero-order valence-corrected chi connectivity index (χ0v) is 27.6. The van der Waals surface area contributed by atoms with Gasteiger partial charge in [0.2, 0.25) is 0 Å². The third-order valence-electron chi connectivity index (χ3n) is 8.64. The molecule has 236 valence electrons. The normalized spacial score (nSPS) is 11.3. The zero-order valence-electron chi connectivity index (χ0n) is 26.8. The summed E-state index contributed by atoms with van der Waals surface area (Å²) in [5, 5.41) is 2.03. The number of benzene rings is 6. The van der Waals surface area contributed by atoms with Gasteiger partial charge in [0, 0.05) is 49.7 Å². The SMILES string of the molecule is c1ccc(Sc2cnc(-c3ccccc3)nc2-c2cccc3c2oc2cc(-c4nc(-c5ccccc5)cc(-c5ccccc5)n4)ccc23)cc1. The van der Waals surface area contributed by atoms with Crippen molar-refractivity contribution in [3.05, 3.63) is 170 Å². The van der Waals surface area contributed by atoms with Crippen molar-refractivity contribution in [1.29, 1.82) is 0 Å². The molecule has 0 bridgehead atoms. The molecule has 0 atom stereocenters. The standard InChI is InChI=1S/C44H28N4OS/c1-5-14-29(15-6-1)37-27-38(30-16-7-2-8-17-30)47-44(46-37)32-24-25-34-35-22-13-23-36(42(35)49-39(34)26-32)41-40(50-33-20-11-4-12-21-33)28-45-43(48-41)31-18-9-3-10-19-31/h1-28H. The Hall–Kier alpha value is -6.37. The molecule has 0 saturated carbocycles. The van der Waals surface area contributed by atoms with Crippen molar-refractivity contribution in [2.45, 2.75) is 9.79 Å². The van der Waals surface area contributed by atoms with Crippen molar-refractivity contribution >= 4 is 33.7 Å². The second-order valence-electron chi connectivity index (χ2n) is 11.9. The van der Waals surface area contributed by atoms with Crippen molar-refractivity contribution in [2.75, 3.05) is 0 Å². The lowest BCUT2D eigenvalue weighted by atomic mass is 10.0. The monoisotopic (exact) mass is 660 g/mol. The molecule has 6 heteroatoms. The summed E-state index contributed by atoms with van der Waals surface area (Å²) in [5.74, 6) is 1.30. The molecule has 0 fully saturated rings. The molecule has 0 N–H and O–H groups in total. The summed E-state index contributed by atoms with van der Waals surface area (Å²) in [6, 6.07) is 55.4. The van der Waals surface area contributed by atoms with Crippen molar-refractivity contribution in [3.8, 4) is 56.5 Å². The molecule has 0 spiro atoms. The van der Waals surface area contributed by atoms with Crippen LogP contribution in [-0.2, 0) is 0 Å². The van der Waals surface area contributed by atoms with Crippen LogP contribution in [0.4, 0.5) is 0 Å². The van der Waals surface area contributed by atoms with Crippen LogP contribution in [0.5, 0.6) is 0 Å². The van der Waals surface area contributed by atoms with Gasteiger partial charge in [-0.25, -0.2) is 19.9 Å². The van der Waals surface area contributed by atoms with E-state index in [2.05, 4.69) is 72.8 Å². The number of nitrogens with zero attached hydrogens (tertiary/aromatic N) is 4. The first kappa shape index (κ1) is 29.7. The minimum Gasteiger partial charge on any atom is -0.455 e. The molecule has 6 aromatic carbocycles. The van der Waals surface area contributed by atoms with Gasteiger partial charge < -0.3 is 4.42 Å². The lowest BCUT2D eigenvalue weighted by molar-refractivity contribution is 0.669. The zero-order chi connectivity index (χ0) is 33.3. The number of hydrogen-bond acceptors (Lipinski definition) is 6. The Balaban J connectivity index is 1.20. The fraction of sp³-hybridized carbons (Fsp3) is 0. The summed E-state index contributed by atoms with van der Waals surface area (Å²) in [7, 11) is 0. The van der Waals surface area contributed by atoms with Crippen LogP contribution in [0, 0.1) is 0 Å². The molecule has 0 aliphatic heterocycles. The van der Waals surface area contributed by atoms with E-state index in [0.717, 1.165) is 76.6 Å². The first-order chi connectivity index (χ1) is 24.8. The molecule has 0 aliphatic rings. The van der Waals surface area contributed by atoms with Gasteiger partial charge in [-0.05, 0) is 36.4 Å². The quantitative estimate of drug-likeness (QED) is 0.169. The van der Waals surface area contributed by atoms with Crippen LogP contribution < -0.4 is 0 Å². The van der Waals surface area contributed by atoms with Gasteiger partial charge in [0.1, 0.15) is 11.2 Å². The van der Waals surface area contributed by atoms with Crippen LogP contribution in [-0.4, -0.2) is 19.9 Å². The van der Waals surface area contributed by atoms with Crippen LogP contribution in [0.2, 0.25) is 0 Å². The lowest BCUT2D eigenvalue weighted by Gasteiger charge is -2.11. The van der Waals surface area contributed by atoms with E-state index < -0.39 is 0 Å². The van der Waals surface area contributed by atoms with Gasteiger partial charge in [-0.3, -0.25) is 0 Å². The Kier molecular flexibility index (Phi) is 7.68. The Labute approximate surface area is 293 Å². The summed E-state index contributed by atoms with van der Waals surface area (Å²) in [5.41, 5.74) is 8.90. The van der Waals surface area contributed by atoms with E-state index in [9.17, 15) is 0 Å². The average Bonchev–Trinajstić information content (AvgIpc) is 3.58. The predicted octanol–water partition coefficient (Wildman–Crippen LogP) is 11.7. The second kappa shape index (κ2) is 12.9. The Morgan fingerprint density at radius 2 is 1.08 bits per heavy atom. The van der Waals surface area contributed by atoms with E-state index in [1.165, 1.54) is 0 Å². The molecule has 0 radical (unpaired) electrons. The average molecular weight is 661 g/mol. The first-order valence-electron chi connectivity index (χ1n) is 16.4. The molecular weight excluding hydrogens is 633 g/mol. The molecule has 0 amide bonds. The molecule has 50 heavy (non-hydrogen) atoms. The number of rotatable bonds is 7. The van der Waals surface area contributed by atoms with E-state index in [1.54, 1.807) is 11.8 Å². The molecule has 5 nitrogen and oxygen atoms in total. The van der Waals surface area contributed by atoms with Gasteiger partial charge in [0.15, 0.2) is 11.6 Å². The highest BCUT2D eigenvalue weighted by atomic mass is 32.2. The fourth-order valence-corrected chi connectivity index (χ4v) is 7.10. The molecule has 3 heterocycles.